The van der Waals surface area contributed by atoms with Crippen LogP contribution < -0.4 is 10.6 Å². The predicted octanol–water partition coefficient (Wildman–Crippen LogP) is 0.699. The Labute approximate surface area is 112 Å². The Morgan fingerprint density at radius 1 is 1.53 bits per heavy atom. The Bertz CT molecular complexity index is 578. The van der Waals surface area contributed by atoms with Gasteiger partial charge in [-0.25, -0.2) is 9.97 Å². The molecule has 2 aromatic heterocycles. The molecule has 1 atom stereocenters. The van der Waals surface area contributed by atoms with Crippen molar-refractivity contribution in [2.24, 2.45) is 5.92 Å². The number of nitrogens with two attached hydrogens (primary N) is 1. The van der Waals surface area contributed by atoms with Crippen LogP contribution in [0.25, 0.3) is 5.65 Å². The number of nitrogen functional groups attached to an aromatic ring is 1. The molecule has 0 bridgehead atoms. The van der Waals surface area contributed by atoms with Gasteiger partial charge in [0.1, 0.15) is 5.82 Å². The van der Waals surface area contributed by atoms with Gasteiger partial charge in [-0.3, -0.25) is 0 Å². The van der Waals surface area contributed by atoms with Gasteiger partial charge >= 0.3 is 0 Å². The first-order valence-electron chi connectivity index (χ1n) is 6.62. The minimum atomic E-state index is 0.524. The lowest BCUT2D eigenvalue weighted by Crippen LogP contribution is -2.28. The predicted molar refractivity (Wildman–Crippen MR) is 76.3 cm³/mol. The Hall–Kier alpha value is -1.82. The maximum Gasteiger partial charge on any atom is 0.180 e. The summed E-state index contributed by atoms with van der Waals surface area (Å²) in [5, 5.41) is 0. The quantitative estimate of drug-likeness (QED) is 0.880. The molecule has 6 nitrogen and oxygen atoms in total. The Balaban J connectivity index is 1.84. The van der Waals surface area contributed by atoms with Crippen LogP contribution in [0, 0.1) is 5.92 Å². The van der Waals surface area contributed by atoms with Crippen LogP contribution in [0.15, 0.2) is 18.6 Å². The van der Waals surface area contributed by atoms with E-state index in [1.807, 2.05) is 10.6 Å². The number of hydrogen-bond donors (Lipinski definition) is 1. The molecule has 0 aliphatic carbocycles. The summed E-state index contributed by atoms with van der Waals surface area (Å²) >= 11 is 0. The molecule has 0 aromatic carbocycles. The summed E-state index contributed by atoms with van der Waals surface area (Å²) in [6.07, 6.45) is 6.71. The number of aromatic nitrogens is 3. The van der Waals surface area contributed by atoms with E-state index in [-0.39, 0.29) is 0 Å². The third-order valence-corrected chi connectivity index (χ3v) is 3.76. The van der Waals surface area contributed by atoms with Crippen molar-refractivity contribution in [1.82, 2.24) is 19.3 Å². The molecule has 2 aromatic rings. The molecule has 1 fully saturated rings. The minimum Gasteiger partial charge on any atom is -0.382 e. The van der Waals surface area contributed by atoms with Crippen molar-refractivity contribution >= 4 is 17.3 Å². The van der Waals surface area contributed by atoms with Crippen molar-refractivity contribution in [3.05, 3.63) is 18.6 Å². The van der Waals surface area contributed by atoms with E-state index in [0.29, 0.717) is 11.7 Å². The van der Waals surface area contributed by atoms with Gasteiger partial charge in [0.05, 0.1) is 6.20 Å². The molecule has 3 heterocycles. The van der Waals surface area contributed by atoms with Gasteiger partial charge in [0.2, 0.25) is 0 Å². The summed E-state index contributed by atoms with van der Waals surface area (Å²) < 4.78 is 1.93. The van der Waals surface area contributed by atoms with Crippen LogP contribution in [0.1, 0.15) is 6.42 Å². The first kappa shape index (κ1) is 12.2. The van der Waals surface area contributed by atoms with Gasteiger partial charge in [0.25, 0.3) is 0 Å². The highest BCUT2D eigenvalue weighted by Gasteiger charge is 2.22. The fraction of sp³-hybridized carbons (Fsp3) is 0.538. The summed E-state index contributed by atoms with van der Waals surface area (Å²) in [6.45, 7) is 3.32. The van der Waals surface area contributed by atoms with Crippen molar-refractivity contribution < 1.29 is 0 Å². The number of anilines is 2. The average Bonchev–Trinajstić information content (AvgIpc) is 2.96. The number of rotatable bonds is 3. The fourth-order valence-electron chi connectivity index (χ4n) is 2.84. The normalized spacial score (nSPS) is 20.2. The Morgan fingerprint density at radius 2 is 2.37 bits per heavy atom. The summed E-state index contributed by atoms with van der Waals surface area (Å²) in [7, 11) is 4.24. The van der Waals surface area contributed by atoms with Gasteiger partial charge in [-0.1, -0.05) is 0 Å². The second-order valence-corrected chi connectivity index (χ2v) is 5.44. The lowest BCUT2D eigenvalue weighted by molar-refractivity contribution is 0.395. The summed E-state index contributed by atoms with van der Waals surface area (Å²) in [5.74, 6) is 2.07. The first-order valence-corrected chi connectivity index (χ1v) is 6.62. The van der Waals surface area contributed by atoms with Crippen LogP contribution in [0.3, 0.4) is 0 Å². The van der Waals surface area contributed by atoms with Crippen molar-refractivity contribution in [3.8, 4) is 0 Å². The van der Waals surface area contributed by atoms with Crippen molar-refractivity contribution in [2.75, 3.05) is 44.4 Å². The molecule has 1 saturated heterocycles. The number of imidazole rings is 1. The molecule has 19 heavy (non-hydrogen) atoms. The molecule has 1 unspecified atom stereocenters. The van der Waals surface area contributed by atoms with Crippen molar-refractivity contribution in [2.45, 2.75) is 6.42 Å². The van der Waals surface area contributed by atoms with Gasteiger partial charge in [0, 0.05) is 32.5 Å². The standard InChI is InChI=1S/C13H20N6/c1-17-5-3-10(7-17)8-18(2)13-12-15-4-6-19(12)9-11(14)16-13/h4,6,9-10H,3,5,7-8,14H2,1-2H3. The minimum absolute atomic E-state index is 0.524. The Kier molecular flexibility index (Phi) is 3.02. The Morgan fingerprint density at radius 3 is 3.11 bits per heavy atom. The van der Waals surface area contributed by atoms with Crippen LogP contribution in [-0.2, 0) is 0 Å². The van der Waals surface area contributed by atoms with E-state index in [9.17, 15) is 0 Å². The van der Waals surface area contributed by atoms with E-state index >= 15 is 0 Å². The van der Waals surface area contributed by atoms with Crippen LogP contribution >= 0.6 is 0 Å². The molecular formula is C13H20N6. The molecular weight excluding hydrogens is 240 g/mol. The van der Waals surface area contributed by atoms with E-state index < -0.39 is 0 Å². The zero-order chi connectivity index (χ0) is 13.4. The molecule has 102 valence electrons. The smallest absolute Gasteiger partial charge is 0.180 e. The molecule has 0 saturated carbocycles. The molecule has 0 spiro atoms. The number of nitrogens with zero attached hydrogens (tertiary/aromatic N) is 5. The van der Waals surface area contributed by atoms with Crippen LogP contribution in [0.4, 0.5) is 11.6 Å². The first-order chi connectivity index (χ1) is 9.13. The zero-order valence-electron chi connectivity index (χ0n) is 11.5. The second kappa shape index (κ2) is 4.70. The zero-order valence-corrected chi connectivity index (χ0v) is 11.5. The highest BCUT2D eigenvalue weighted by Crippen LogP contribution is 2.22. The molecule has 2 N–H and O–H groups in total. The summed E-state index contributed by atoms with van der Waals surface area (Å²) in [4.78, 5) is 13.3. The molecule has 0 amide bonds. The van der Waals surface area contributed by atoms with Gasteiger partial charge in [-0.05, 0) is 25.9 Å². The SMILES string of the molecule is CN1CCC(CN(C)c2nc(N)cn3ccnc23)C1. The van der Waals surface area contributed by atoms with Crippen LogP contribution in [0.5, 0.6) is 0 Å². The largest absolute Gasteiger partial charge is 0.382 e. The van der Waals surface area contributed by atoms with Gasteiger partial charge in [-0.2, -0.15) is 0 Å². The summed E-state index contributed by atoms with van der Waals surface area (Å²) in [6, 6.07) is 0. The highest BCUT2D eigenvalue weighted by atomic mass is 15.2. The van der Waals surface area contributed by atoms with Crippen LogP contribution in [0.2, 0.25) is 0 Å². The molecule has 0 radical (unpaired) electrons. The van der Waals surface area contributed by atoms with Gasteiger partial charge < -0.3 is 19.9 Å². The molecule has 1 aliphatic rings. The maximum absolute atomic E-state index is 5.86. The number of fused-ring (bicyclic) bond motifs is 1. The van der Waals surface area contributed by atoms with E-state index in [0.717, 1.165) is 24.6 Å². The van der Waals surface area contributed by atoms with Gasteiger partial charge in [0.15, 0.2) is 11.5 Å². The van der Waals surface area contributed by atoms with E-state index in [4.69, 9.17) is 5.73 Å². The van der Waals surface area contributed by atoms with E-state index in [1.54, 1.807) is 12.4 Å². The van der Waals surface area contributed by atoms with E-state index in [1.165, 1.54) is 13.0 Å². The third-order valence-electron chi connectivity index (χ3n) is 3.76. The summed E-state index contributed by atoms with van der Waals surface area (Å²) in [5.41, 5.74) is 6.72. The number of hydrogen-bond acceptors (Lipinski definition) is 5. The topological polar surface area (TPSA) is 62.7 Å². The maximum atomic E-state index is 5.86. The van der Waals surface area contributed by atoms with Gasteiger partial charge in [-0.15, -0.1) is 0 Å². The second-order valence-electron chi connectivity index (χ2n) is 5.44. The van der Waals surface area contributed by atoms with E-state index in [2.05, 4.69) is 33.9 Å². The fourth-order valence-corrected chi connectivity index (χ4v) is 2.84. The lowest BCUT2D eigenvalue weighted by Gasteiger charge is -2.22. The average molecular weight is 260 g/mol. The highest BCUT2D eigenvalue weighted by molar-refractivity contribution is 5.66. The van der Waals surface area contributed by atoms with Crippen molar-refractivity contribution in [3.63, 3.8) is 0 Å². The molecule has 1 aliphatic heterocycles. The van der Waals surface area contributed by atoms with Crippen molar-refractivity contribution in [1.29, 1.82) is 0 Å². The third kappa shape index (κ3) is 2.35. The molecule has 6 heteroatoms. The number of likely N-dealkylation sites (tertiary alicyclic amines) is 1. The lowest BCUT2D eigenvalue weighted by atomic mass is 10.1. The monoisotopic (exact) mass is 260 g/mol. The molecule has 3 rings (SSSR count). The van der Waals surface area contributed by atoms with Crippen LogP contribution in [-0.4, -0.2) is 53.0 Å².